The molecular weight excluding hydrogens is 328 g/mol. The molecule has 1 saturated heterocycles. The molecule has 1 fully saturated rings. The highest BCUT2D eigenvalue weighted by molar-refractivity contribution is 5.78. The van der Waals surface area contributed by atoms with E-state index in [1.165, 1.54) is 0 Å². The van der Waals surface area contributed by atoms with E-state index in [-0.39, 0.29) is 18.6 Å². The van der Waals surface area contributed by atoms with E-state index in [9.17, 15) is 4.79 Å². The van der Waals surface area contributed by atoms with Gasteiger partial charge >= 0.3 is 0 Å². The lowest BCUT2D eigenvalue weighted by atomic mass is 10.0. The summed E-state index contributed by atoms with van der Waals surface area (Å²) in [6.07, 6.45) is 1.94. The van der Waals surface area contributed by atoms with Crippen LogP contribution in [0.3, 0.4) is 0 Å². The summed E-state index contributed by atoms with van der Waals surface area (Å²) in [6.45, 7) is 3.34. The van der Waals surface area contributed by atoms with Gasteiger partial charge in [-0.2, -0.15) is 5.26 Å². The third kappa shape index (κ3) is 4.15. The highest BCUT2D eigenvalue weighted by Crippen LogP contribution is 2.32. The van der Waals surface area contributed by atoms with Gasteiger partial charge < -0.3 is 14.4 Å². The van der Waals surface area contributed by atoms with Crippen LogP contribution in [0.2, 0.25) is 0 Å². The number of ether oxygens (including phenoxy) is 2. The van der Waals surface area contributed by atoms with Crippen LogP contribution in [0.25, 0.3) is 0 Å². The Morgan fingerprint density at radius 1 is 1.12 bits per heavy atom. The fourth-order valence-electron chi connectivity index (χ4n) is 3.22. The highest BCUT2D eigenvalue weighted by atomic mass is 16.5. The molecule has 0 saturated carbocycles. The van der Waals surface area contributed by atoms with Gasteiger partial charge in [-0.1, -0.05) is 12.1 Å². The van der Waals surface area contributed by atoms with E-state index in [0.29, 0.717) is 17.9 Å². The largest absolute Gasteiger partial charge is 0.494 e. The first-order valence-corrected chi connectivity index (χ1v) is 8.86. The van der Waals surface area contributed by atoms with E-state index < -0.39 is 0 Å². The van der Waals surface area contributed by atoms with Crippen molar-refractivity contribution in [1.29, 1.82) is 5.26 Å². The minimum atomic E-state index is -0.0225. The van der Waals surface area contributed by atoms with Crippen LogP contribution >= 0.6 is 0 Å². The molecule has 134 valence electrons. The second-order valence-corrected chi connectivity index (χ2v) is 6.17. The Kier molecular flexibility index (Phi) is 5.75. The molecule has 3 rings (SSSR count). The lowest BCUT2D eigenvalue weighted by Gasteiger charge is -2.25. The number of carbonyl (C=O) groups is 1. The zero-order valence-electron chi connectivity index (χ0n) is 14.9. The summed E-state index contributed by atoms with van der Waals surface area (Å²) < 4.78 is 11.1. The van der Waals surface area contributed by atoms with Crippen LogP contribution in [0, 0.1) is 11.3 Å². The molecule has 5 heteroatoms. The number of amides is 1. The van der Waals surface area contributed by atoms with Crippen molar-refractivity contribution in [2.45, 2.75) is 25.8 Å². The van der Waals surface area contributed by atoms with Gasteiger partial charge in [-0.05, 0) is 61.7 Å². The van der Waals surface area contributed by atoms with Crippen molar-refractivity contribution in [2.75, 3.05) is 19.8 Å². The van der Waals surface area contributed by atoms with Gasteiger partial charge in [-0.25, -0.2) is 0 Å². The Morgan fingerprint density at radius 2 is 1.77 bits per heavy atom. The molecule has 1 heterocycles. The summed E-state index contributed by atoms with van der Waals surface area (Å²) in [5, 5.41) is 8.82. The van der Waals surface area contributed by atoms with Crippen LogP contribution < -0.4 is 9.47 Å². The summed E-state index contributed by atoms with van der Waals surface area (Å²) in [4.78, 5) is 14.5. The summed E-state index contributed by atoms with van der Waals surface area (Å²) in [5.41, 5.74) is 1.69. The first-order valence-electron chi connectivity index (χ1n) is 8.86. The first-order chi connectivity index (χ1) is 12.7. The standard InChI is InChI=1S/C21H22N2O3/c1-2-25-18-11-7-17(8-12-18)20-4-3-13-23(20)21(24)15-26-19-9-5-16(14-22)6-10-19/h5-12,20H,2-4,13,15H2,1H3. The molecule has 0 aromatic heterocycles. The predicted octanol–water partition coefficient (Wildman–Crippen LogP) is 3.70. The van der Waals surface area contributed by atoms with Gasteiger partial charge in [0, 0.05) is 6.54 Å². The van der Waals surface area contributed by atoms with Gasteiger partial charge in [-0.3, -0.25) is 4.79 Å². The molecule has 1 amide bonds. The van der Waals surface area contributed by atoms with E-state index in [1.54, 1.807) is 24.3 Å². The molecule has 2 aromatic rings. The van der Waals surface area contributed by atoms with Crippen molar-refractivity contribution in [3.63, 3.8) is 0 Å². The average Bonchev–Trinajstić information content (AvgIpc) is 3.17. The normalized spacial score (nSPS) is 16.2. The lowest BCUT2D eigenvalue weighted by molar-refractivity contribution is -0.134. The van der Waals surface area contributed by atoms with Gasteiger partial charge in [0.15, 0.2) is 6.61 Å². The quantitative estimate of drug-likeness (QED) is 0.797. The summed E-state index contributed by atoms with van der Waals surface area (Å²) in [6, 6.07) is 16.9. The molecule has 0 N–H and O–H groups in total. The Labute approximate surface area is 153 Å². The van der Waals surface area contributed by atoms with E-state index in [0.717, 1.165) is 30.7 Å². The molecular formula is C21H22N2O3. The van der Waals surface area contributed by atoms with Crippen molar-refractivity contribution in [2.24, 2.45) is 0 Å². The number of likely N-dealkylation sites (tertiary alicyclic amines) is 1. The van der Waals surface area contributed by atoms with Gasteiger partial charge in [0.05, 0.1) is 24.3 Å². The third-order valence-electron chi connectivity index (χ3n) is 4.49. The predicted molar refractivity (Wildman–Crippen MR) is 98.0 cm³/mol. The molecule has 1 atom stereocenters. The van der Waals surface area contributed by atoms with Gasteiger partial charge in [-0.15, -0.1) is 0 Å². The molecule has 0 spiro atoms. The molecule has 0 aliphatic carbocycles. The molecule has 5 nitrogen and oxygen atoms in total. The Balaban J connectivity index is 1.61. The van der Waals surface area contributed by atoms with Crippen molar-refractivity contribution in [1.82, 2.24) is 4.90 Å². The number of benzene rings is 2. The lowest BCUT2D eigenvalue weighted by Crippen LogP contribution is -2.34. The first kappa shape index (κ1) is 17.8. The van der Waals surface area contributed by atoms with Crippen molar-refractivity contribution >= 4 is 5.91 Å². The van der Waals surface area contributed by atoms with Crippen LogP contribution in [0.5, 0.6) is 11.5 Å². The number of nitrogens with zero attached hydrogens (tertiary/aromatic N) is 2. The fourth-order valence-corrected chi connectivity index (χ4v) is 3.22. The van der Waals surface area contributed by atoms with E-state index in [4.69, 9.17) is 14.7 Å². The highest BCUT2D eigenvalue weighted by Gasteiger charge is 2.30. The minimum Gasteiger partial charge on any atom is -0.494 e. The van der Waals surface area contributed by atoms with Crippen molar-refractivity contribution in [3.05, 3.63) is 59.7 Å². The van der Waals surface area contributed by atoms with E-state index >= 15 is 0 Å². The molecule has 2 aromatic carbocycles. The number of carbonyl (C=O) groups excluding carboxylic acids is 1. The zero-order valence-corrected chi connectivity index (χ0v) is 14.9. The van der Waals surface area contributed by atoms with Gasteiger partial charge in [0.25, 0.3) is 5.91 Å². The molecule has 0 radical (unpaired) electrons. The number of rotatable bonds is 6. The molecule has 0 bridgehead atoms. The van der Waals surface area contributed by atoms with Crippen molar-refractivity contribution < 1.29 is 14.3 Å². The van der Waals surface area contributed by atoms with Crippen LogP contribution in [0.4, 0.5) is 0 Å². The summed E-state index contributed by atoms with van der Waals surface area (Å²) in [5.74, 6) is 1.41. The molecule has 26 heavy (non-hydrogen) atoms. The van der Waals surface area contributed by atoms with Gasteiger partial charge in [0.2, 0.25) is 0 Å². The van der Waals surface area contributed by atoms with Gasteiger partial charge in [0.1, 0.15) is 11.5 Å². The third-order valence-corrected chi connectivity index (χ3v) is 4.49. The monoisotopic (exact) mass is 350 g/mol. The smallest absolute Gasteiger partial charge is 0.261 e. The zero-order chi connectivity index (χ0) is 18.4. The fraction of sp³-hybridized carbons (Fsp3) is 0.333. The number of hydrogen-bond acceptors (Lipinski definition) is 4. The summed E-state index contributed by atoms with van der Waals surface area (Å²) >= 11 is 0. The second kappa shape index (κ2) is 8.39. The number of hydrogen-bond donors (Lipinski definition) is 0. The molecule has 1 aliphatic rings. The van der Waals surface area contributed by atoms with Crippen LogP contribution in [-0.2, 0) is 4.79 Å². The Hall–Kier alpha value is -3.00. The van der Waals surface area contributed by atoms with Crippen molar-refractivity contribution in [3.8, 4) is 17.6 Å². The van der Waals surface area contributed by atoms with E-state index in [2.05, 4.69) is 6.07 Å². The molecule has 1 unspecified atom stereocenters. The van der Waals surface area contributed by atoms with Crippen LogP contribution in [0.15, 0.2) is 48.5 Å². The average molecular weight is 350 g/mol. The SMILES string of the molecule is CCOc1ccc(C2CCCN2C(=O)COc2ccc(C#N)cc2)cc1. The maximum Gasteiger partial charge on any atom is 0.261 e. The minimum absolute atomic E-state index is 0.000566. The Morgan fingerprint density at radius 3 is 2.42 bits per heavy atom. The summed E-state index contributed by atoms with van der Waals surface area (Å²) in [7, 11) is 0. The number of nitriles is 1. The van der Waals surface area contributed by atoms with Crippen LogP contribution in [-0.4, -0.2) is 30.6 Å². The molecule has 1 aliphatic heterocycles. The maximum absolute atomic E-state index is 12.6. The topological polar surface area (TPSA) is 62.6 Å². The van der Waals surface area contributed by atoms with Crippen LogP contribution in [0.1, 0.15) is 36.9 Å². The second-order valence-electron chi connectivity index (χ2n) is 6.17. The Bertz CT molecular complexity index is 778. The van der Waals surface area contributed by atoms with E-state index in [1.807, 2.05) is 36.1 Å². The maximum atomic E-state index is 12.6.